The summed E-state index contributed by atoms with van der Waals surface area (Å²) in [6.45, 7) is 0. The van der Waals surface area contributed by atoms with Crippen molar-refractivity contribution in [3.8, 4) is 11.3 Å². The van der Waals surface area contributed by atoms with Crippen LogP contribution in [0.15, 0.2) is 36.5 Å². The first-order valence-electron chi connectivity index (χ1n) is 7.33. The van der Waals surface area contributed by atoms with Crippen LogP contribution in [0.4, 0.5) is 11.5 Å². The van der Waals surface area contributed by atoms with Crippen molar-refractivity contribution in [2.24, 2.45) is 0 Å². The molecule has 1 saturated carbocycles. The smallest absolute Gasteiger partial charge is 0.126 e. The number of hydrogen-bond donors (Lipinski definition) is 4. The number of aromatic amines is 1. The topological polar surface area (TPSA) is 99.9 Å². The molecule has 112 valence electrons. The average Bonchev–Trinajstić information content (AvgIpc) is 2.99. The van der Waals surface area contributed by atoms with Crippen LogP contribution < -0.4 is 11.1 Å². The van der Waals surface area contributed by atoms with Gasteiger partial charge in [0.15, 0.2) is 0 Å². The van der Waals surface area contributed by atoms with Gasteiger partial charge in [0.05, 0.1) is 17.3 Å². The number of nitrogens with zero attached hydrogens (tertiary/aromatic N) is 2. The van der Waals surface area contributed by atoms with Gasteiger partial charge in [-0.3, -0.25) is 5.10 Å². The molecule has 1 aliphatic carbocycles. The average molecular weight is 295 g/mol. The van der Waals surface area contributed by atoms with E-state index in [1.165, 1.54) is 0 Å². The number of rotatable bonds is 3. The van der Waals surface area contributed by atoms with E-state index in [4.69, 9.17) is 5.73 Å². The highest BCUT2D eigenvalue weighted by Gasteiger charge is 2.27. The predicted octanol–water partition coefficient (Wildman–Crippen LogP) is 2.14. The Morgan fingerprint density at radius 3 is 2.82 bits per heavy atom. The van der Waals surface area contributed by atoms with Crippen molar-refractivity contribution < 1.29 is 5.11 Å². The molecule has 4 rings (SSSR count). The van der Waals surface area contributed by atoms with Gasteiger partial charge in [0, 0.05) is 34.9 Å². The number of fused-ring (bicyclic) bond motifs is 1. The molecule has 5 N–H and O–H groups in total. The number of H-pyrrole nitrogens is 1. The summed E-state index contributed by atoms with van der Waals surface area (Å²) in [7, 11) is 0. The zero-order valence-electron chi connectivity index (χ0n) is 12.0. The molecule has 0 aliphatic heterocycles. The molecule has 22 heavy (non-hydrogen) atoms. The van der Waals surface area contributed by atoms with E-state index in [1.54, 1.807) is 6.20 Å². The maximum atomic E-state index is 9.42. The molecule has 1 aliphatic rings. The van der Waals surface area contributed by atoms with E-state index >= 15 is 0 Å². The SMILES string of the molecule is Nc1cc(NC2CC(O)C2)c2ccc(-c3ccn[nH]3)cc2n1. The molecule has 6 nitrogen and oxygen atoms in total. The lowest BCUT2D eigenvalue weighted by Gasteiger charge is -2.33. The molecule has 1 fully saturated rings. The van der Waals surface area contributed by atoms with Gasteiger partial charge in [-0.25, -0.2) is 4.98 Å². The Hall–Kier alpha value is -2.60. The van der Waals surface area contributed by atoms with Crippen molar-refractivity contribution in [2.45, 2.75) is 25.0 Å². The molecule has 0 atom stereocenters. The summed E-state index contributed by atoms with van der Waals surface area (Å²) in [6, 6.07) is 10.1. The summed E-state index contributed by atoms with van der Waals surface area (Å²) in [5, 5.41) is 20.8. The first-order chi connectivity index (χ1) is 10.7. The molecule has 2 aromatic heterocycles. The molecule has 3 aromatic rings. The number of aliphatic hydroxyl groups excluding tert-OH is 1. The third-order valence-electron chi connectivity index (χ3n) is 4.11. The maximum Gasteiger partial charge on any atom is 0.126 e. The molecule has 1 aromatic carbocycles. The van der Waals surface area contributed by atoms with Crippen molar-refractivity contribution in [1.82, 2.24) is 15.2 Å². The molecule has 0 amide bonds. The minimum atomic E-state index is -0.185. The number of nitrogens with one attached hydrogen (secondary N) is 2. The van der Waals surface area contributed by atoms with E-state index in [2.05, 4.69) is 20.5 Å². The fraction of sp³-hybridized carbons (Fsp3) is 0.250. The second-order valence-corrected chi connectivity index (χ2v) is 5.76. The summed E-state index contributed by atoms with van der Waals surface area (Å²) in [5.41, 5.74) is 9.71. The summed E-state index contributed by atoms with van der Waals surface area (Å²) in [6.07, 6.45) is 3.09. The summed E-state index contributed by atoms with van der Waals surface area (Å²) in [5.74, 6) is 0.483. The van der Waals surface area contributed by atoms with Gasteiger partial charge < -0.3 is 16.2 Å². The van der Waals surface area contributed by atoms with Crippen LogP contribution in [0, 0.1) is 0 Å². The number of nitrogen functional groups attached to an aromatic ring is 1. The van der Waals surface area contributed by atoms with Crippen molar-refractivity contribution in [3.63, 3.8) is 0 Å². The minimum absolute atomic E-state index is 0.185. The first kappa shape index (κ1) is 13.1. The van der Waals surface area contributed by atoms with E-state index in [9.17, 15) is 5.11 Å². The summed E-state index contributed by atoms with van der Waals surface area (Å²) < 4.78 is 0. The number of pyridine rings is 1. The van der Waals surface area contributed by atoms with Crippen LogP contribution in [0.2, 0.25) is 0 Å². The Labute approximate surface area is 127 Å². The summed E-state index contributed by atoms with van der Waals surface area (Å²) >= 11 is 0. The normalized spacial score (nSPS) is 20.8. The van der Waals surface area contributed by atoms with Crippen LogP contribution in [0.3, 0.4) is 0 Å². The number of nitrogens with two attached hydrogens (primary N) is 1. The molecule has 0 bridgehead atoms. The van der Waals surface area contributed by atoms with E-state index in [-0.39, 0.29) is 6.10 Å². The maximum absolute atomic E-state index is 9.42. The monoisotopic (exact) mass is 295 g/mol. The largest absolute Gasteiger partial charge is 0.393 e. The second-order valence-electron chi connectivity index (χ2n) is 5.76. The van der Waals surface area contributed by atoms with Gasteiger partial charge in [0.2, 0.25) is 0 Å². The highest BCUT2D eigenvalue weighted by Crippen LogP contribution is 2.31. The molecule has 0 saturated heterocycles. The van der Waals surface area contributed by atoms with E-state index < -0.39 is 0 Å². The Morgan fingerprint density at radius 2 is 2.09 bits per heavy atom. The molecule has 0 unspecified atom stereocenters. The van der Waals surface area contributed by atoms with Gasteiger partial charge in [-0.2, -0.15) is 5.10 Å². The van der Waals surface area contributed by atoms with Crippen molar-refractivity contribution in [3.05, 3.63) is 36.5 Å². The molecule has 2 heterocycles. The number of aromatic nitrogens is 3. The van der Waals surface area contributed by atoms with E-state index in [0.717, 1.165) is 40.7 Å². The fourth-order valence-electron chi connectivity index (χ4n) is 2.88. The van der Waals surface area contributed by atoms with Crippen molar-refractivity contribution in [2.75, 3.05) is 11.1 Å². The van der Waals surface area contributed by atoms with Gasteiger partial charge in [-0.15, -0.1) is 0 Å². The van der Waals surface area contributed by atoms with E-state index in [0.29, 0.717) is 11.9 Å². The Morgan fingerprint density at radius 1 is 1.23 bits per heavy atom. The lowest BCUT2D eigenvalue weighted by molar-refractivity contribution is 0.0837. The molecule has 6 heteroatoms. The van der Waals surface area contributed by atoms with Crippen LogP contribution in [0.25, 0.3) is 22.2 Å². The lowest BCUT2D eigenvalue weighted by Crippen LogP contribution is -2.39. The summed E-state index contributed by atoms with van der Waals surface area (Å²) in [4.78, 5) is 4.43. The number of aliphatic hydroxyl groups is 1. The van der Waals surface area contributed by atoms with E-state index in [1.807, 2.05) is 30.3 Å². The van der Waals surface area contributed by atoms with Crippen molar-refractivity contribution >= 4 is 22.4 Å². The Balaban J connectivity index is 1.74. The third-order valence-corrected chi connectivity index (χ3v) is 4.11. The first-order valence-corrected chi connectivity index (χ1v) is 7.33. The van der Waals surface area contributed by atoms with Crippen LogP contribution in [-0.4, -0.2) is 32.4 Å². The number of hydrogen-bond acceptors (Lipinski definition) is 5. The zero-order valence-corrected chi connectivity index (χ0v) is 12.0. The van der Waals surface area contributed by atoms with Crippen LogP contribution in [0.5, 0.6) is 0 Å². The van der Waals surface area contributed by atoms with Crippen LogP contribution in [-0.2, 0) is 0 Å². The molecular weight excluding hydrogens is 278 g/mol. The number of anilines is 2. The molecular formula is C16H17N5O. The van der Waals surface area contributed by atoms with Crippen LogP contribution >= 0.6 is 0 Å². The standard InChI is InChI=1S/C16H17N5O/c17-16-8-15(19-10-6-11(22)7-10)12-2-1-9(5-14(12)20-16)13-3-4-18-21-13/h1-5,8,10-11,22H,6-7H2,(H,18,21)(H3,17,19,20). The Kier molecular flexibility index (Phi) is 2.97. The zero-order chi connectivity index (χ0) is 15.1. The highest BCUT2D eigenvalue weighted by atomic mass is 16.3. The second kappa shape index (κ2) is 4.99. The van der Waals surface area contributed by atoms with Crippen LogP contribution in [0.1, 0.15) is 12.8 Å². The quantitative estimate of drug-likeness (QED) is 0.593. The van der Waals surface area contributed by atoms with Crippen molar-refractivity contribution in [1.29, 1.82) is 0 Å². The van der Waals surface area contributed by atoms with Gasteiger partial charge in [0.25, 0.3) is 0 Å². The molecule has 0 radical (unpaired) electrons. The molecule has 0 spiro atoms. The van der Waals surface area contributed by atoms with Gasteiger partial charge in [-0.05, 0) is 25.0 Å². The van der Waals surface area contributed by atoms with Gasteiger partial charge >= 0.3 is 0 Å². The third kappa shape index (κ3) is 2.27. The van der Waals surface area contributed by atoms with Gasteiger partial charge in [-0.1, -0.05) is 12.1 Å². The highest BCUT2D eigenvalue weighted by molar-refractivity contribution is 5.95. The Bertz CT molecular complexity index is 809. The minimum Gasteiger partial charge on any atom is -0.393 e. The predicted molar refractivity (Wildman–Crippen MR) is 86.4 cm³/mol. The van der Waals surface area contributed by atoms with Gasteiger partial charge in [0.1, 0.15) is 5.82 Å². The fourth-order valence-corrected chi connectivity index (χ4v) is 2.88. The lowest BCUT2D eigenvalue weighted by atomic mass is 9.89. The number of benzene rings is 1.